The van der Waals surface area contributed by atoms with Gasteiger partial charge in [0.1, 0.15) is 17.2 Å². The summed E-state index contributed by atoms with van der Waals surface area (Å²) in [7, 11) is 3.51. The van der Waals surface area contributed by atoms with Crippen LogP contribution in [0.3, 0.4) is 0 Å². The minimum absolute atomic E-state index is 0.000608. The standard InChI is InChI=1S/C34H39F4N5O3/c1-6-46-32(44)22-11-13-43(14-12-22)26-9-7-21(8-10-26)30-40-29-28(42(4)19-33(2,3)20-45-5)18-27(39-31(29)41-30)23-15-24(34(36,37)38)17-25(35)16-23/h7-10,15-18,22H,6,11-14,19-20H2,1-5H3,(H,39,40,41). The summed E-state index contributed by atoms with van der Waals surface area (Å²) in [5.74, 6) is -0.683. The summed E-state index contributed by atoms with van der Waals surface area (Å²) in [6, 6.07) is 12.0. The fourth-order valence-electron chi connectivity index (χ4n) is 6.09. The maximum atomic E-state index is 14.4. The molecule has 0 saturated carbocycles. The monoisotopic (exact) mass is 641 g/mol. The van der Waals surface area contributed by atoms with E-state index in [-0.39, 0.29) is 28.6 Å². The summed E-state index contributed by atoms with van der Waals surface area (Å²) in [5.41, 5.74) is 2.19. The van der Waals surface area contributed by atoms with Gasteiger partial charge < -0.3 is 24.3 Å². The van der Waals surface area contributed by atoms with E-state index in [1.165, 1.54) is 0 Å². The van der Waals surface area contributed by atoms with Gasteiger partial charge in [-0.1, -0.05) is 13.8 Å². The Kier molecular flexibility index (Phi) is 9.57. The molecule has 1 saturated heterocycles. The normalized spacial score (nSPS) is 14.6. The number of benzene rings is 2. The molecule has 0 atom stereocenters. The van der Waals surface area contributed by atoms with Crippen molar-refractivity contribution in [2.24, 2.45) is 11.3 Å². The number of alkyl halides is 3. The molecule has 1 aliphatic rings. The number of anilines is 2. The Balaban J connectivity index is 1.49. The number of carbonyl (C=O) groups is 1. The third-order valence-electron chi connectivity index (χ3n) is 8.19. The van der Waals surface area contributed by atoms with Crippen molar-refractivity contribution >= 4 is 28.5 Å². The van der Waals surface area contributed by atoms with Gasteiger partial charge in [0.25, 0.3) is 0 Å². The van der Waals surface area contributed by atoms with Crippen molar-refractivity contribution in [3.8, 4) is 22.6 Å². The van der Waals surface area contributed by atoms with Gasteiger partial charge in [0, 0.05) is 56.0 Å². The van der Waals surface area contributed by atoms with Crippen molar-refractivity contribution in [1.29, 1.82) is 0 Å². The van der Waals surface area contributed by atoms with Crippen LogP contribution in [0.25, 0.3) is 33.8 Å². The van der Waals surface area contributed by atoms with E-state index in [4.69, 9.17) is 14.5 Å². The topological polar surface area (TPSA) is 83.6 Å². The summed E-state index contributed by atoms with van der Waals surface area (Å²) < 4.78 is 65.6. The highest BCUT2D eigenvalue weighted by Gasteiger charge is 2.32. The summed E-state index contributed by atoms with van der Waals surface area (Å²) in [5, 5.41) is 0. The van der Waals surface area contributed by atoms with Gasteiger partial charge in [-0.2, -0.15) is 13.2 Å². The molecular formula is C34H39F4N5O3. The number of nitrogens with zero attached hydrogens (tertiary/aromatic N) is 4. The molecule has 1 fully saturated rings. The van der Waals surface area contributed by atoms with Gasteiger partial charge in [-0.15, -0.1) is 0 Å². The van der Waals surface area contributed by atoms with E-state index in [0.717, 1.165) is 49.3 Å². The summed E-state index contributed by atoms with van der Waals surface area (Å²) in [6.45, 7) is 8.81. The first kappa shape index (κ1) is 33.2. The number of piperidine rings is 1. The van der Waals surface area contributed by atoms with Crippen LogP contribution in [0.1, 0.15) is 39.2 Å². The Labute approximate surface area is 265 Å². The number of imidazole rings is 1. The number of hydrogen-bond donors (Lipinski definition) is 1. The predicted octanol–water partition coefficient (Wildman–Crippen LogP) is 7.34. The Morgan fingerprint density at radius 1 is 1.04 bits per heavy atom. The lowest BCUT2D eigenvalue weighted by atomic mass is 9.94. The number of nitrogens with one attached hydrogen (secondary N) is 1. The number of aromatic nitrogens is 3. The van der Waals surface area contributed by atoms with Gasteiger partial charge in [-0.25, -0.2) is 14.4 Å². The molecule has 1 aliphatic heterocycles. The highest BCUT2D eigenvalue weighted by molar-refractivity contribution is 5.91. The third kappa shape index (κ3) is 7.43. The van der Waals surface area contributed by atoms with Crippen molar-refractivity contribution in [2.45, 2.75) is 39.8 Å². The van der Waals surface area contributed by atoms with Gasteiger partial charge in [0.15, 0.2) is 5.65 Å². The molecule has 1 N–H and O–H groups in total. The largest absolute Gasteiger partial charge is 0.466 e. The van der Waals surface area contributed by atoms with Crippen LogP contribution in [0.4, 0.5) is 28.9 Å². The zero-order valence-electron chi connectivity index (χ0n) is 26.7. The molecule has 2 aromatic carbocycles. The summed E-state index contributed by atoms with van der Waals surface area (Å²) in [4.78, 5) is 29.0. The van der Waals surface area contributed by atoms with E-state index < -0.39 is 17.6 Å². The molecule has 3 heterocycles. The second-order valence-electron chi connectivity index (χ2n) is 12.6. The number of pyridine rings is 1. The third-order valence-corrected chi connectivity index (χ3v) is 8.19. The van der Waals surface area contributed by atoms with E-state index >= 15 is 0 Å². The molecule has 0 unspecified atom stereocenters. The lowest BCUT2D eigenvalue weighted by Gasteiger charge is -2.32. The van der Waals surface area contributed by atoms with Gasteiger partial charge >= 0.3 is 12.1 Å². The molecule has 2 aromatic heterocycles. The lowest BCUT2D eigenvalue weighted by Crippen LogP contribution is -2.36. The first-order valence-corrected chi connectivity index (χ1v) is 15.3. The van der Waals surface area contributed by atoms with Crippen LogP contribution in [0, 0.1) is 17.2 Å². The maximum Gasteiger partial charge on any atom is 0.416 e. The molecule has 246 valence electrons. The van der Waals surface area contributed by atoms with Gasteiger partial charge in [0.2, 0.25) is 0 Å². The second kappa shape index (κ2) is 13.3. The first-order valence-electron chi connectivity index (χ1n) is 15.3. The van der Waals surface area contributed by atoms with E-state index in [1.807, 2.05) is 57.0 Å². The first-order chi connectivity index (χ1) is 21.8. The molecule has 0 amide bonds. The molecule has 12 heteroatoms. The van der Waals surface area contributed by atoms with Crippen LogP contribution >= 0.6 is 0 Å². The number of carbonyl (C=O) groups excluding carboxylic acids is 1. The van der Waals surface area contributed by atoms with Crippen LogP contribution in [0.2, 0.25) is 0 Å². The van der Waals surface area contributed by atoms with E-state index in [1.54, 1.807) is 13.2 Å². The number of H-pyrrole nitrogens is 1. The van der Waals surface area contributed by atoms with Crippen LogP contribution in [0.15, 0.2) is 48.5 Å². The molecule has 0 radical (unpaired) electrons. The Bertz CT molecular complexity index is 1680. The van der Waals surface area contributed by atoms with Crippen LogP contribution < -0.4 is 9.80 Å². The number of methoxy groups -OCH3 is 1. The van der Waals surface area contributed by atoms with Crippen molar-refractivity contribution in [3.05, 3.63) is 59.9 Å². The van der Waals surface area contributed by atoms with E-state index in [9.17, 15) is 22.4 Å². The van der Waals surface area contributed by atoms with Gasteiger partial charge in [0.05, 0.1) is 36.1 Å². The van der Waals surface area contributed by atoms with Crippen molar-refractivity contribution < 1.29 is 31.8 Å². The van der Waals surface area contributed by atoms with Crippen molar-refractivity contribution in [3.63, 3.8) is 0 Å². The Hall–Kier alpha value is -4.19. The van der Waals surface area contributed by atoms with E-state index in [0.29, 0.717) is 48.5 Å². The Morgan fingerprint density at radius 3 is 2.37 bits per heavy atom. The lowest BCUT2D eigenvalue weighted by molar-refractivity contribution is -0.148. The average molecular weight is 642 g/mol. The highest BCUT2D eigenvalue weighted by Crippen LogP contribution is 2.37. The molecule has 8 nitrogen and oxygen atoms in total. The fraction of sp³-hybridized carbons (Fsp3) is 0.441. The number of ether oxygens (including phenoxy) is 2. The van der Waals surface area contributed by atoms with Crippen LogP contribution in [-0.4, -0.2) is 67.9 Å². The SMILES string of the molecule is CCOC(=O)C1CCN(c2ccc(-c3nc4nc(-c5cc(F)cc(C(F)(F)F)c5)cc(N(C)CC(C)(C)COC)c4[nH]3)cc2)CC1. The van der Waals surface area contributed by atoms with E-state index in [2.05, 4.69) is 14.9 Å². The minimum Gasteiger partial charge on any atom is -0.466 e. The molecule has 0 spiro atoms. The highest BCUT2D eigenvalue weighted by atomic mass is 19.4. The summed E-state index contributed by atoms with van der Waals surface area (Å²) >= 11 is 0. The Morgan fingerprint density at radius 2 is 1.74 bits per heavy atom. The number of halogens is 4. The number of esters is 1. The zero-order valence-corrected chi connectivity index (χ0v) is 26.7. The number of rotatable bonds is 10. The van der Waals surface area contributed by atoms with Crippen molar-refractivity contribution in [2.75, 3.05) is 56.8 Å². The minimum atomic E-state index is -4.72. The molecule has 46 heavy (non-hydrogen) atoms. The molecular weight excluding hydrogens is 602 g/mol. The number of aromatic amines is 1. The molecule has 0 bridgehead atoms. The second-order valence-corrected chi connectivity index (χ2v) is 12.6. The average Bonchev–Trinajstić information content (AvgIpc) is 3.44. The van der Waals surface area contributed by atoms with Crippen LogP contribution in [-0.2, 0) is 20.4 Å². The number of fused-ring (bicyclic) bond motifs is 1. The smallest absolute Gasteiger partial charge is 0.416 e. The fourth-order valence-corrected chi connectivity index (χ4v) is 6.09. The molecule has 5 rings (SSSR count). The quantitative estimate of drug-likeness (QED) is 0.143. The van der Waals surface area contributed by atoms with Gasteiger partial charge in [-0.3, -0.25) is 4.79 Å². The predicted molar refractivity (Wildman–Crippen MR) is 170 cm³/mol. The molecule has 0 aliphatic carbocycles. The zero-order chi connectivity index (χ0) is 33.2. The maximum absolute atomic E-state index is 14.4. The van der Waals surface area contributed by atoms with Crippen LogP contribution in [0.5, 0.6) is 0 Å². The summed E-state index contributed by atoms with van der Waals surface area (Å²) in [6.07, 6.45) is -3.26. The number of hydrogen-bond acceptors (Lipinski definition) is 7. The molecule has 4 aromatic rings. The van der Waals surface area contributed by atoms with Crippen molar-refractivity contribution in [1.82, 2.24) is 15.0 Å². The van der Waals surface area contributed by atoms with Gasteiger partial charge in [-0.05, 0) is 68.3 Å².